The lowest BCUT2D eigenvalue weighted by Crippen LogP contribution is -2.35. The summed E-state index contributed by atoms with van der Waals surface area (Å²) in [6, 6.07) is 3.05. The highest BCUT2D eigenvalue weighted by atomic mass is 19.1. The van der Waals surface area contributed by atoms with Crippen LogP contribution < -0.4 is 10.6 Å². The summed E-state index contributed by atoms with van der Waals surface area (Å²) < 4.78 is 20.7. The molecule has 0 radical (unpaired) electrons. The van der Waals surface area contributed by atoms with Crippen LogP contribution in [0.15, 0.2) is 35.6 Å². The Bertz CT molecular complexity index is 1110. The summed E-state index contributed by atoms with van der Waals surface area (Å²) in [6.45, 7) is 11.4. The molecule has 188 valence electrons. The molecule has 2 aromatic rings. The van der Waals surface area contributed by atoms with Gasteiger partial charge >= 0.3 is 6.09 Å². The van der Waals surface area contributed by atoms with Crippen molar-refractivity contribution in [1.82, 2.24) is 20.3 Å². The van der Waals surface area contributed by atoms with Gasteiger partial charge in [0.15, 0.2) is 5.82 Å². The van der Waals surface area contributed by atoms with Gasteiger partial charge in [0.25, 0.3) is 0 Å². The van der Waals surface area contributed by atoms with Gasteiger partial charge < -0.3 is 15.4 Å². The highest BCUT2D eigenvalue weighted by Gasteiger charge is 2.26. The van der Waals surface area contributed by atoms with Gasteiger partial charge in [-0.1, -0.05) is 26.3 Å². The molecule has 1 unspecified atom stereocenters. The molecule has 0 saturated carbocycles. The molecule has 0 saturated heterocycles. The highest BCUT2D eigenvalue weighted by Crippen LogP contribution is 2.33. The number of aromatic nitrogens is 3. The smallest absolute Gasteiger partial charge is 0.408 e. The Morgan fingerprint density at radius 3 is 2.63 bits per heavy atom. The van der Waals surface area contributed by atoms with E-state index in [-0.39, 0.29) is 17.9 Å². The van der Waals surface area contributed by atoms with Crippen LogP contribution in [0.1, 0.15) is 78.0 Å². The summed E-state index contributed by atoms with van der Waals surface area (Å²) in [4.78, 5) is 29.5. The maximum Gasteiger partial charge on any atom is 0.408 e. The summed E-state index contributed by atoms with van der Waals surface area (Å²) in [5, 5.41) is 5.95. The average Bonchev–Trinajstić information content (AvgIpc) is 3.11. The number of nitrogens with zero attached hydrogens (tertiary/aromatic N) is 4. The minimum absolute atomic E-state index is 0.0954. The summed E-state index contributed by atoms with van der Waals surface area (Å²) in [7, 11) is 0. The number of alkyl carbamates (subject to hydrolysis) is 1. The zero-order valence-corrected chi connectivity index (χ0v) is 21.4. The van der Waals surface area contributed by atoms with Crippen LogP contribution in [0.4, 0.5) is 15.1 Å². The van der Waals surface area contributed by atoms with Crippen molar-refractivity contribution in [3.8, 4) is 11.4 Å². The van der Waals surface area contributed by atoms with E-state index in [1.165, 1.54) is 12.4 Å². The minimum atomic E-state index is -0.602. The molecule has 1 aromatic carbocycles. The van der Waals surface area contributed by atoms with E-state index in [0.29, 0.717) is 17.3 Å². The van der Waals surface area contributed by atoms with Gasteiger partial charge in [0.2, 0.25) is 5.95 Å². The maximum atomic E-state index is 15.3. The van der Waals surface area contributed by atoms with Crippen LogP contribution in [0, 0.1) is 5.82 Å². The van der Waals surface area contributed by atoms with Crippen LogP contribution >= 0.6 is 0 Å². The average molecular weight is 483 g/mol. The third kappa shape index (κ3) is 7.07. The number of hydrogen-bond acceptors (Lipinski definition) is 7. The van der Waals surface area contributed by atoms with Crippen molar-refractivity contribution in [1.29, 1.82) is 0 Å². The minimum Gasteiger partial charge on any atom is -0.444 e. The number of hydrogen-bond donors (Lipinski definition) is 2. The Labute approximate surface area is 206 Å². The Balaban J connectivity index is 0.00000167. The molecule has 35 heavy (non-hydrogen) atoms. The van der Waals surface area contributed by atoms with Crippen LogP contribution in [0.5, 0.6) is 0 Å². The van der Waals surface area contributed by atoms with Gasteiger partial charge in [-0.05, 0) is 76.3 Å². The fraction of sp³-hybridized carbons (Fsp3) is 0.500. The van der Waals surface area contributed by atoms with Crippen molar-refractivity contribution in [2.24, 2.45) is 4.99 Å². The van der Waals surface area contributed by atoms with E-state index >= 15 is 4.39 Å². The second-order valence-electron chi connectivity index (χ2n) is 9.35. The first-order valence-corrected chi connectivity index (χ1v) is 12.2. The van der Waals surface area contributed by atoms with Crippen molar-refractivity contribution in [2.45, 2.75) is 84.9 Å². The van der Waals surface area contributed by atoms with Gasteiger partial charge in [0, 0.05) is 0 Å². The summed E-state index contributed by atoms with van der Waals surface area (Å²) in [5.41, 5.74) is 1.44. The molecular formula is C26H35FN6O2. The number of rotatable bonds is 3. The van der Waals surface area contributed by atoms with Crippen molar-refractivity contribution < 1.29 is 13.9 Å². The number of benzene rings is 1. The lowest BCUT2D eigenvalue weighted by atomic mass is 9.96. The number of amides is 1. The zero-order chi connectivity index (χ0) is 25.6. The topological polar surface area (TPSA) is 101 Å². The Kier molecular flexibility index (Phi) is 8.53. The number of carbonyl (C=O) groups is 1. The molecule has 1 aromatic heterocycles. The van der Waals surface area contributed by atoms with Crippen LogP contribution in [0.25, 0.3) is 11.4 Å². The summed E-state index contributed by atoms with van der Waals surface area (Å²) in [6.07, 6.45) is 8.03. The Morgan fingerprint density at radius 1 is 1.17 bits per heavy atom. The molecule has 4 rings (SSSR count). The molecular weight excluding hydrogens is 447 g/mol. The lowest BCUT2D eigenvalue weighted by Gasteiger charge is -2.24. The van der Waals surface area contributed by atoms with E-state index in [1.54, 1.807) is 6.07 Å². The third-order valence-corrected chi connectivity index (χ3v) is 5.41. The van der Waals surface area contributed by atoms with E-state index in [2.05, 4.69) is 30.6 Å². The predicted molar refractivity (Wildman–Crippen MR) is 136 cm³/mol. The van der Waals surface area contributed by atoms with Gasteiger partial charge in [-0.25, -0.2) is 19.2 Å². The highest BCUT2D eigenvalue weighted by molar-refractivity contribution is 6.04. The van der Waals surface area contributed by atoms with Gasteiger partial charge in [-0.3, -0.25) is 4.99 Å². The predicted octanol–water partition coefficient (Wildman–Crippen LogP) is 5.76. The molecule has 2 atom stereocenters. The zero-order valence-electron chi connectivity index (χ0n) is 21.4. The van der Waals surface area contributed by atoms with E-state index < -0.39 is 17.5 Å². The third-order valence-electron chi connectivity index (χ3n) is 5.41. The molecule has 0 bridgehead atoms. The summed E-state index contributed by atoms with van der Waals surface area (Å²) in [5.74, 6) is 0.745. The number of aliphatic imine (C=N–C) groups is 1. The molecule has 0 fully saturated rings. The molecule has 1 aliphatic carbocycles. The van der Waals surface area contributed by atoms with Crippen LogP contribution in [-0.4, -0.2) is 38.5 Å². The van der Waals surface area contributed by atoms with Crippen LogP contribution in [0.3, 0.4) is 0 Å². The van der Waals surface area contributed by atoms with Gasteiger partial charge in [-0.15, -0.1) is 0 Å². The standard InChI is InChI=1S/C24H29FN6O2.C2H6/c1-14-9-10-20(28-14)30-22-27-13-26-21(31-22)17-11-15-7-5-6-8-19(16(15)12-18(17)25)29-23(32)33-24(2,3)4;1-2/h9-14,19H,5-8H2,1-4H3,(H,29,32)(H,26,27,28,30,31);1-2H3/t14-,19?;/m1./s1. The number of fused-ring (bicyclic) bond motifs is 1. The van der Waals surface area contributed by atoms with Crippen LogP contribution in [0.2, 0.25) is 0 Å². The molecule has 0 spiro atoms. The number of nitrogens with one attached hydrogen (secondary N) is 2. The fourth-order valence-corrected chi connectivity index (χ4v) is 3.98. The summed E-state index contributed by atoms with van der Waals surface area (Å²) >= 11 is 0. The van der Waals surface area contributed by atoms with E-state index in [1.807, 2.05) is 53.7 Å². The number of ether oxygens (including phenoxy) is 1. The van der Waals surface area contributed by atoms with E-state index in [0.717, 1.165) is 36.8 Å². The largest absolute Gasteiger partial charge is 0.444 e. The Morgan fingerprint density at radius 2 is 1.94 bits per heavy atom. The molecule has 8 nitrogen and oxygen atoms in total. The fourth-order valence-electron chi connectivity index (χ4n) is 3.98. The molecule has 9 heteroatoms. The molecule has 2 aliphatic rings. The second kappa shape index (κ2) is 11.4. The first kappa shape index (κ1) is 26.2. The monoisotopic (exact) mass is 482 g/mol. The number of amidine groups is 1. The maximum absolute atomic E-state index is 15.3. The van der Waals surface area contributed by atoms with Gasteiger partial charge in [0.1, 0.15) is 23.6 Å². The van der Waals surface area contributed by atoms with Crippen molar-refractivity contribution in [3.05, 3.63) is 47.6 Å². The first-order chi connectivity index (χ1) is 16.7. The molecule has 1 amide bonds. The number of carbonyl (C=O) groups excluding carboxylic acids is 1. The van der Waals surface area contributed by atoms with E-state index in [4.69, 9.17) is 4.74 Å². The van der Waals surface area contributed by atoms with Crippen molar-refractivity contribution >= 4 is 17.9 Å². The first-order valence-electron chi connectivity index (χ1n) is 12.2. The van der Waals surface area contributed by atoms with Crippen molar-refractivity contribution in [2.75, 3.05) is 5.32 Å². The number of aryl methyl sites for hydroxylation is 1. The van der Waals surface area contributed by atoms with Gasteiger partial charge in [0.05, 0.1) is 17.6 Å². The van der Waals surface area contributed by atoms with Gasteiger partial charge in [-0.2, -0.15) is 4.98 Å². The van der Waals surface area contributed by atoms with Crippen molar-refractivity contribution in [3.63, 3.8) is 0 Å². The quantitative estimate of drug-likeness (QED) is 0.539. The molecule has 2 heterocycles. The second-order valence-corrected chi connectivity index (χ2v) is 9.35. The molecule has 1 aliphatic heterocycles. The van der Waals surface area contributed by atoms with Crippen LogP contribution in [-0.2, 0) is 11.2 Å². The normalized spacial score (nSPS) is 19.0. The van der Waals surface area contributed by atoms with E-state index in [9.17, 15) is 4.79 Å². The Hall–Kier alpha value is -3.36. The molecule has 2 N–H and O–H groups in total. The lowest BCUT2D eigenvalue weighted by molar-refractivity contribution is 0.0500. The number of halogens is 1. The number of anilines is 1. The SMILES string of the molecule is CC.C[C@@H]1C=CC(Nc2ncnc(-c3cc4c(cc3F)C(NC(=O)OC(C)(C)C)CCCC4)n2)=N1.